The molecule has 2 fully saturated rings. The van der Waals surface area contributed by atoms with Crippen LogP contribution >= 0.6 is 0 Å². The fourth-order valence-electron chi connectivity index (χ4n) is 2.91. The maximum Gasteiger partial charge on any atom is 0.0220 e. The Kier molecular flexibility index (Phi) is 3.91. The maximum atomic E-state index is 3.51. The van der Waals surface area contributed by atoms with E-state index in [1.165, 1.54) is 51.7 Å². The van der Waals surface area contributed by atoms with Crippen LogP contribution in [0.25, 0.3) is 0 Å². The van der Waals surface area contributed by atoms with Crippen LogP contribution in [0.4, 0.5) is 0 Å². The summed E-state index contributed by atoms with van der Waals surface area (Å²) >= 11 is 0. The fourth-order valence-corrected chi connectivity index (χ4v) is 2.91. The Morgan fingerprint density at radius 1 is 1.25 bits per heavy atom. The zero-order chi connectivity index (χ0) is 11.6. The molecule has 0 aromatic carbocycles. The van der Waals surface area contributed by atoms with Crippen molar-refractivity contribution < 1.29 is 0 Å². The molecule has 1 atom stereocenters. The molecule has 0 aromatic heterocycles. The highest BCUT2D eigenvalue weighted by Gasteiger charge is 2.32. The summed E-state index contributed by atoms with van der Waals surface area (Å²) < 4.78 is 0. The molecule has 0 amide bonds. The van der Waals surface area contributed by atoms with E-state index in [9.17, 15) is 0 Å². The van der Waals surface area contributed by atoms with Gasteiger partial charge in [-0.3, -0.25) is 0 Å². The van der Waals surface area contributed by atoms with Crippen molar-refractivity contribution >= 4 is 0 Å². The maximum absolute atomic E-state index is 3.51. The van der Waals surface area contributed by atoms with Crippen LogP contribution in [0.2, 0.25) is 0 Å². The topological polar surface area (TPSA) is 15.3 Å². The molecule has 94 valence electrons. The van der Waals surface area contributed by atoms with Crippen LogP contribution in [-0.4, -0.2) is 37.6 Å². The van der Waals surface area contributed by atoms with Gasteiger partial charge in [-0.2, -0.15) is 0 Å². The summed E-state index contributed by atoms with van der Waals surface area (Å²) in [6.45, 7) is 8.74. The van der Waals surface area contributed by atoms with E-state index in [1.807, 2.05) is 0 Å². The summed E-state index contributed by atoms with van der Waals surface area (Å²) in [6, 6.07) is 0.751. The van der Waals surface area contributed by atoms with E-state index in [0.29, 0.717) is 5.41 Å². The summed E-state index contributed by atoms with van der Waals surface area (Å²) in [5.41, 5.74) is 0.573. The number of nitrogens with one attached hydrogen (secondary N) is 1. The minimum Gasteiger partial charge on any atom is -0.315 e. The Balaban J connectivity index is 1.80. The number of nitrogens with zero attached hydrogens (tertiary/aromatic N) is 1. The van der Waals surface area contributed by atoms with Gasteiger partial charge in [-0.15, -0.1) is 0 Å². The molecule has 1 aliphatic heterocycles. The van der Waals surface area contributed by atoms with Gasteiger partial charge in [0.05, 0.1) is 0 Å². The second-order valence-corrected chi connectivity index (χ2v) is 6.55. The minimum atomic E-state index is 0.573. The Bertz CT molecular complexity index is 221. The van der Waals surface area contributed by atoms with E-state index in [4.69, 9.17) is 0 Å². The lowest BCUT2D eigenvalue weighted by molar-refractivity contribution is 0.231. The first kappa shape index (κ1) is 12.4. The lowest BCUT2D eigenvalue weighted by Gasteiger charge is -2.27. The molecule has 2 rings (SSSR count). The quantitative estimate of drug-likeness (QED) is 0.789. The molecule has 0 spiro atoms. The van der Waals surface area contributed by atoms with Crippen molar-refractivity contribution in [3.05, 3.63) is 0 Å². The van der Waals surface area contributed by atoms with Crippen molar-refractivity contribution in [3.8, 4) is 0 Å². The third-order valence-corrected chi connectivity index (χ3v) is 4.45. The zero-order valence-electron chi connectivity index (χ0n) is 11.3. The van der Waals surface area contributed by atoms with E-state index >= 15 is 0 Å². The normalized spacial score (nSPS) is 28.7. The van der Waals surface area contributed by atoms with Gasteiger partial charge in [0, 0.05) is 12.6 Å². The molecule has 0 radical (unpaired) electrons. The number of likely N-dealkylation sites (N-methyl/N-ethyl adjacent to an activating group) is 1. The van der Waals surface area contributed by atoms with Crippen molar-refractivity contribution in [2.24, 2.45) is 11.3 Å². The summed E-state index contributed by atoms with van der Waals surface area (Å²) in [4.78, 5) is 2.69. The Hall–Kier alpha value is -0.0800. The van der Waals surface area contributed by atoms with Crippen LogP contribution in [0.1, 0.15) is 46.0 Å². The average Bonchev–Trinajstić information content (AvgIpc) is 3.03. The molecule has 1 N–H and O–H groups in total. The molecule has 1 saturated carbocycles. The summed E-state index contributed by atoms with van der Waals surface area (Å²) in [5, 5.41) is 3.51. The molecule has 2 heteroatoms. The van der Waals surface area contributed by atoms with Crippen LogP contribution in [-0.2, 0) is 0 Å². The van der Waals surface area contributed by atoms with Crippen LogP contribution in [0.15, 0.2) is 0 Å². The van der Waals surface area contributed by atoms with Crippen molar-refractivity contribution in [1.29, 1.82) is 0 Å². The molecule has 1 aliphatic carbocycles. The largest absolute Gasteiger partial charge is 0.315 e. The lowest BCUT2D eigenvalue weighted by Crippen LogP contribution is -2.41. The van der Waals surface area contributed by atoms with Crippen molar-refractivity contribution in [1.82, 2.24) is 10.2 Å². The number of likely N-dealkylation sites (tertiary alicyclic amines) is 1. The highest BCUT2D eigenvalue weighted by Crippen LogP contribution is 2.34. The number of hydrogen-bond donors (Lipinski definition) is 1. The minimum absolute atomic E-state index is 0.573. The highest BCUT2D eigenvalue weighted by atomic mass is 15.1. The molecule has 1 unspecified atom stereocenters. The summed E-state index contributed by atoms with van der Waals surface area (Å²) in [7, 11) is 2.13. The predicted molar refractivity (Wildman–Crippen MR) is 69.6 cm³/mol. The Morgan fingerprint density at radius 2 is 2.00 bits per heavy atom. The molecule has 1 heterocycles. The monoisotopic (exact) mass is 224 g/mol. The van der Waals surface area contributed by atoms with E-state index in [0.717, 1.165) is 12.0 Å². The number of rotatable bonds is 4. The van der Waals surface area contributed by atoms with Crippen molar-refractivity contribution in [2.75, 3.05) is 26.7 Å². The fraction of sp³-hybridized carbons (Fsp3) is 1.00. The van der Waals surface area contributed by atoms with Crippen molar-refractivity contribution in [3.63, 3.8) is 0 Å². The van der Waals surface area contributed by atoms with Gasteiger partial charge in [0.25, 0.3) is 0 Å². The van der Waals surface area contributed by atoms with Gasteiger partial charge in [-0.1, -0.05) is 13.8 Å². The molecule has 0 bridgehead atoms. The zero-order valence-corrected chi connectivity index (χ0v) is 11.3. The van der Waals surface area contributed by atoms with Crippen LogP contribution in [0.5, 0.6) is 0 Å². The second-order valence-electron chi connectivity index (χ2n) is 6.55. The highest BCUT2D eigenvalue weighted by molar-refractivity contribution is 4.88. The van der Waals surface area contributed by atoms with Gasteiger partial charge >= 0.3 is 0 Å². The van der Waals surface area contributed by atoms with Gasteiger partial charge < -0.3 is 10.2 Å². The summed E-state index contributed by atoms with van der Waals surface area (Å²) in [6.07, 6.45) is 7.05. The Morgan fingerprint density at radius 3 is 2.62 bits per heavy atom. The Labute approximate surface area is 101 Å². The SMILES string of the molecule is CNC(CN1CCCC(C)(C)CC1)C1CC1. The molecule has 1 saturated heterocycles. The molecule has 2 nitrogen and oxygen atoms in total. The third-order valence-electron chi connectivity index (χ3n) is 4.45. The molecular weight excluding hydrogens is 196 g/mol. The molecule has 2 aliphatic rings. The second kappa shape index (κ2) is 5.05. The van der Waals surface area contributed by atoms with Gasteiger partial charge in [0.15, 0.2) is 0 Å². The summed E-state index contributed by atoms with van der Waals surface area (Å²) in [5.74, 6) is 0.973. The predicted octanol–water partition coefficient (Wildman–Crippen LogP) is 2.50. The van der Waals surface area contributed by atoms with Gasteiger partial charge in [0.1, 0.15) is 0 Å². The van der Waals surface area contributed by atoms with Gasteiger partial charge in [-0.25, -0.2) is 0 Å². The first-order valence-electron chi connectivity index (χ1n) is 7.00. The molecule has 16 heavy (non-hydrogen) atoms. The van der Waals surface area contributed by atoms with Gasteiger partial charge in [0.2, 0.25) is 0 Å². The standard InChI is InChI=1S/C14H28N2/c1-14(2)7-4-9-16(10-8-14)11-13(15-3)12-5-6-12/h12-13,15H,4-11H2,1-3H3. The smallest absolute Gasteiger partial charge is 0.0220 e. The van der Waals surface area contributed by atoms with Crippen LogP contribution in [0.3, 0.4) is 0 Å². The van der Waals surface area contributed by atoms with Crippen LogP contribution < -0.4 is 5.32 Å². The van der Waals surface area contributed by atoms with E-state index in [2.05, 4.69) is 31.1 Å². The molecular formula is C14H28N2. The first-order chi connectivity index (χ1) is 7.61. The van der Waals surface area contributed by atoms with E-state index in [-0.39, 0.29) is 0 Å². The van der Waals surface area contributed by atoms with E-state index < -0.39 is 0 Å². The van der Waals surface area contributed by atoms with Gasteiger partial charge in [-0.05, 0) is 63.6 Å². The lowest BCUT2D eigenvalue weighted by atomic mass is 9.85. The number of hydrogen-bond acceptors (Lipinski definition) is 2. The molecule has 0 aromatic rings. The average molecular weight is 224 g/mol. The third kappa shape index (κ3) is 3.46. The van der Waals surface area contributed by atoms with Crippen LogP contribution in [0, 0.1) is 11.3 Å². The first-order valence-corrected chi connectivity index (χ1v) is 7.00. The van der Waals surface area contributed by atoms with E-state index in [1.54, 1.807) is 0 Å². The van der Waals surface area contributed by atoms with Crippen molar-refractivity contribution in [2.45, 2.75) is 52.0 Å².